The molecule has 0 fully saturated rings. The van der Waals surface area contributed by atoms with Gasteiger partial charge in [0, 0.05) is 45.7 Å². The van der Waals surface area contributed by atoms with Crippen LogP contribution in [0.3, 0.4) is 0 Å². The van der Waals surface area contributed by atoms with Crippen molar-refractivity contribution < 1.29 is 38.7 Å². The van der Waals surface area contributed by atoms with Crippen LogP contribution in [0, 0.1) is 0 Å². The van der Waals surface area contributed by atoms with Crippen LogP contribution in [0.4, 0.5) is 0 Å². The van der Waals surface area contributed by atoms with Crippen molar-refractivity contribution in [3.05, 3.63) is 82.8 Å². The minimum absolute atomic E-state index is 0.0188. The van der Waals surface area contributed by atoms with Crippen LogP contribution in [0.5, 0.6) is 0 Å². The first-order chi connectivity index (χ1) is 21.5. The third kappa shape index (κ3) is 11.3. The van der Waals surface area contributed by atoms with Crippen LogP contribution in [-0.4, -0.2) is 108 Å². The predicted octanol–water partition coefficient (Wildman–Crippen LogP) is 3.60. The van der Waals surface area contributed by atoms with Gasteiger partial charge in [0.15, 0.2) is 5.76 Å². The summed E-state index contributed by atoms with van der Waals surface area (Å²) in [6.45, 7) is 6.33. The van der Waals surface area contributed by atoms with Crippen LogP contribution in [0.25, 0.3) is 0 Å². The summed E-state index contributed by atoms with van der Waals surface area (Å²) in [6.07, 6.45) is 7.55. The Morgan fingerprint density at radius 3 is 1.91 bits per heavy atom. The molecule has 0 unspecified atom stereocenters. The van der Waals surface area contributed by atoms with Gasteiger partial charge in [0.05, 0.1) is 44.4 Å². The summed E-state index contributed by atoms with van der Waals surface area (Å²) in [5.74, 6) is -0.522. The van der Waals surface area contributed by atoms with Crippen LogP contribution in [0.1, 0.15) is 58.0 Å². The number of carbonyl (C=O) groups is 2. The molecule has 0 saturated heterocycles. The largest absolute Gasteiger partial charge is 0.493 e. The van der Waals surface area contributed by atoms with Gasteiger partial charge in [-0.25, -0.2) is 19.6 Å². The highest BCUT2D eigenvalue weighted by Crippen LogP contribution is 2.21. The molecular weight excluding hydrogens is 568 g/mol. The average molecular weight is 611 g/mol. The van der Waals surface area contributed by atoms with E-state index in [-0.39, 0.29) is 11.4 Å². The first-order valence-electron chi connectivity index (χ1n) is 15.1. The molecule has 0 bridgehead atoms. The monoisotopic (exact) mass is 610 g/mol. The molecule has 1 aliphatic heterocycles. The van der Waals surface area contributed by atoms with Crippen molar-refractivity contribution in [2.45, 2.75) is 38.8 Å². The number of aromatic nitrogens is 2. The van der Waals surface area contributed by atoms with Crippen molar-refractivity contribution in [2.24, 2.45) is 0 Å². The number of hydrogen-bond acceptors (Lipinski definition) is 10. The summed E-state index contributed by atoms with van der Waals surface area (Å²) >= 11 is 0. The first kappa shape index (κ1) is 33.1. The minimum atomic E-state index is -1.05. The van der Waals surface area contributed by atoms with E-state index < -0.39 is 11.9 Å². The number of nitrogens with zero attached hydrogens (tertiary/aromatic N) is 4. The van der Waals surface area contributed by atoms with Crippen molar-refractivity contribution in [2.75, 3.05) is 65.8 Å². The maximum Gasteiger partial charge on any atom is 0.354 e. The zero-order chi connectivity index (χ0) is 31.0. The maximum absolute atomic E-state index is 11.4. The van der Waals surface area contributed by atoms with Crippen molar-refractivity contribution in [3.63, 3.8) is 0 Å². The van der Waals surface area contributed by atoms with Gasteiger partial charge in [-0.05, 0) is 49.6 Å². The normalized spacial score (nSPS) is 18.9. The highest BCUT2D eigenvalue weighted by Gasteiger charge is 2.15. The lowest BCUT2D eigenvalue weighted by molar-refractivity contribution is 0.0273. The highest BCUT2D eigenvalue weighted by molar-refractivity contribution is 5.85. The fourth-order valence-corrected chi connectivity index (χ4v) is 4.91. The lowest BCUT2D eigenvalue weighted by Crippen LogP contribution is -2.31. The lowest BCUT2D eigenvalue weighted by atomic mass is 10.2. The quantitative estimate of drug-likeness (QED) is 0.493. The van der Waals surface area contributed by atoms with Gasteiger partial charge in [0.1, 0.15) is 23.8 Å². The fraction of sp³-hybridized carbons (Fsp3) is 0.500. The maximum atomic E-state index is 11.4. The van der Waals surface area contributed by atoms with Gasteiger partial charge in [-0.2, -0.15) is 0 Å². The number of carboxylic acids is 2. The topological polar surface area (TPSA) is 144 Å². The molecule has 2 N–H and O–H groups in total. The van der Waals surface area contributed by atoms with E-state index in [1.807, 2.05) is 18.2 Å². The van der Waals surface area contributed by atoms with Gasteiger partial charge in [-0.15, -0.1) is 0 Å². The molecule has 3 heterocycles. The lowest BCUT2D eigenvalue weighted by Gasteiger charge is -2.23. The molecule has 0 radical (unpaired) electrons. The molecule has 0 aromatic carbocycles. The van der Waals surface area contributed by atoms with Gasteiger partial charge in [-0.3, -0.25) is 9.80 Å². The summed E-state index contributed by atoms with van der Waals surface area (Å²) in [5, 5.41) is 18.7. The van der Waals surface area contributed by atoms with Crippen molar-refractivity contribution in [3.8, 4) is 0 Å². The summed E-state index contributed by atoms with van der Waals surface area (Å²) < 4.78 is 24.2. The molecule has 2 aliphatic rings. The van der Waals surface area contributed by atoms with E-state index in [1.54, 1.807) is 12.1 Å². The molecule has 12 nitrogen and oxygen atoms in total. The molecule has 44 heavy (non-hydrogen) atoms. The molecule has 2 aromatic rings. The third-order valence-electron chi connectivity index (χ3n) is 7.18. The second-order valence-corrected chi connectivity index (χ2v) is 10.5. The number of ether oxygens (including phenoxy) is 4. The highest BCUT2D eigenvalue weighted by atomic mass is 16.5. The number of hydrogen-bond donors (Lipinski definition) is 2. The van der Waals surface area contributed by atoms with E-state index in [1.165, 1.54) is 12.1 Å². The predicted molar refractivity (Wildman–Crippen MR) is 161 cm³/mol. The summed E-state index contributed by atoms with van der Waals surface area (Å²) in [5.41, 5.74) is 1.40. The molecular formula is C32H42N4O8. The number of rotatable bonds is 6. The van der Waals surface area contributed by atoms with E-state index in [0.29, 0.717) is 83.8 Å². The number of allylic oxidation sites excluding steroid dienone is 3. The molecule has 0 amide bonds. The van der Waals surface area contributed by atoms with E-state index >= 15 is 0 Å². The summed E-state index contributed by atoms with van der Waals surface area (Å²) in [4.78, 5) is 35.7. The molecule has 0 atom stereocenters. The van der Waals surface area contributed by atoms with Crippen LogP contribution >= 0.6 is 0 Å². The summed E-state index contributed by atoms with van der Waals surface area (Å²) in [6, 6.07) is 10.1. The second kappa shape index (κ2) is 18.1. The van der Waals surface area contributed by atoms with E-state index in [2.05, 4.69) is 25.8 Å². The number of pyridine rings is 2. The average Bonchev–Trinajstić information content (AvgIpc) is 3.25. The molecule has 238 valence electrons. The Balaban J connectivity index is 1.41. The molecule has 0 spiro atoms. The number of aromatic carboxylic acids is 2. The SMILES string of the molecule is O=C(O)c1cccc(CN2CCCOC3=C(CCCC=C3)OCCN(Cc3cccc(C(=O)O)n3)CCOCCOCC2)n1. The van der Waals surface area contributed by atoms with Crippen LogP contribution in [0.2, 0.25) is 0 Å². The molecule has 1 aliphatic carbocycles. The molecule has 12 heteroatoms. The Labute approximate surface area is 257 Å². The fourth-order valence-electron chi connectivity index (χ4n) is 4.91. The van der Waals surface area contributed by atoms with E-state index in [0.717, 1.165) is 43.7 Å². The number of carboxylic acid groups (broad SMARTS) is 2. The van der Waals surface area contributed by atoms with E-state index in [4.69, 9.17) is 18.9 Å². The van der Waals surface area contributed by atoms with Gasteiger partial charge in [0.2, 0.25) is 0 Å². The van der Waals surface area contributed by atoms with Crippen LogP contribution in [0.15, 0.2) is 60.1 Å². The molecule has 0 saturated carbocycles. The zero-order valence-electron chi connectivity index (χ0n) is 25.1. The summed E-state index contributed by atoms with van der Waals surface area (Å²) in [7, 11) is 0. The van der Waals surface area contributed by atoms with Gasteiger partial charge in [0.25, 0.3) is 0 Å². The Morgan fingerprint density at radius 2 is 1.30 bits per heavy atom. The minimum Gasteiger partial charge on any atom is -0.493 e. The van der Waals surface area contributed by atoms with Crippen LogP contribution < -0.4 is 0 Å². The Bertz CT molecular complexity index is 1280. The Morgan fingerprint density at radius 1 is 0.705 bits per heavy atom. The standard InChI is InChI=1S/C32H42N4O8/c37-31(38)27-9-4-7-25(33-27)23-35-13-6-17-43-29-11-2-1-3-12-30(29)44-20-16-36(15-19-42-22-21-41-18-14-35)24-26-8-5-10-28(34-26)32(39)40/h2,4-5,7-11H,1,3,6,12-24H2,(H,37,38)(H,39,40). The van der Waals surface area contributed by atoms with Gasteiger partial charge < -0.3 is 29.2 Å². The van der Waals surface area contributed by atoms with Crippen molar-refractivity contribution in [1.82, 2.24) is 19.8 Å². The molecule has 4 rings (SSSR count). The Kier molecular flexibility index (Phi) is 13.6. The molecule has 2 aromatic heterocycles. The van der Waals surface area contributed by atoms with Crippen molar-refractivity contribution >= 4 is 11.9 Å². The first-order valence-corrected chi connectivity index (χ1v) is 15.1. The van der Waals surface area contributed by atoms with Crippen LogP contribution in [-0.2, 0) is 32.0 Å². The Hall–Kier alpha value is -3.84. The third-order valence-corrected chi connectivity index (χ3v) is 7.18. The second-order valence-electron chi connectivity index (χ2n) is 10.5. The zero-order valence-corrected chi connectivity index (χ0v) is 25.1. The smallest absolute Gasteiger partial charge is 0.354 e. The van der Waals surface area contributed by atoms with E-state index in [9.17, 15) is 19.8 Å². The van der Waals surface area contributed by atoms with Gasteiger partial charge >= 0.3 is 11.9 Å². The van der Waals surface area contributed by atoms with Gasteiger partial charge in [-0.1, -0.05) is 18.2 Å². The van der Waals surface area contributed by atoms with Crippen molar-refractivity contribution in [1.29, 1.82) is 0 Å².